The molecule has 4 nitrogen and oxygen atoms in total. The fourth-order valence-electron chi connectivity index (χ4n) is 4.81. The van der Waals surface area contributed by atoms with Gasteiger partial charge in [0.15, 0.2) is 11.6 Å². The number of aromatic nitrogens is 4. The Morgan fingerprint density at radius 1 is 0.289 bits per heavy atom. The highest BCUT2D eigenvalue weighted by molar-refractivity contribution is 5.95. The quantitative estimate of drug-likeness (QED) is 0.251. The van der Waals surface area contributed by atoms with E-state index in [1.54, 1.807) is 0 Å². The predicted octanol–water partition coefficient (Wildman–Crippen LogP) is 8.24. The van der Waals surface area contributed by atoms with Gasteiger partial charge in [0.25, 0.3) is 0 Å². The second kappa shape index (κ2) is 9.34. The third kappa shape index (κ3) is 3.98. The van der Waals surface area contributed by atoms with E-state index in [-0.39, 0.29) is 0 Å². The average molecular weight is 487 g/mol. The molecule has 4 heteroatoms. The summed E-state index contributed by atoms with van der Waals surface area (Å²) in [6.07, 6.45) is 0. The van der Waals surface area contributed by atoms with Crippen LogP contribution in [0.5, 0.6) is 0 Å². The van der Waals surface area contributed by atoms with E-state index in [2.05, 4.69) is 48.5 Å². The van der Waals surface area contributed by atoms with Gasteiger partial charge in [-0.05, 0) is 12.1 Å². The van der Waals surface area contributed by atoms with Crippen molar-refractivity contribution in [3.8, 4) is 45.3 Å². The highest BCUT2D eigenvalue weighted by atomic mass is 14.9. The van der Waals surface area contributed by atoms with Crippen LogP contribution >= 0.6 is 0 Å². The summed E-state index contributed by atoms with van der Waals surface area (Å²) < 4.78 is 0. The first-order valence-electron chi connectivity index (χ1n) is 12.6. The minimum absolute atomic E-state index is 0.701. The lowest BCUT2D eigenvalue weighted by atomic mass is 10.0. The van der Waals surface area contributed by atoms with Crippen molar-refractivity contribution in [3.63, 3.8) is 0 Å². The number of nitrogens with zero attached hydrogens (tertiary/aromatic N) is 4. The molecule has 5 aromatic carbocycles. The van der Waals surface area contributed by atoms with Crippen LogP contribution in [0.1, 0.15) is 0 Å². The minimum Gasteiger partial charge on any atom is -0.228 e. The minimum atomic E-state index is 0.701. The van der Waals surface area contributed by atoms with E-state index < -0.39 is 0 Å². The summed E-state index contributed by atoms with van der Waals surface area (Å²) in [6.45, 7) is 0. The molecule has 0 aliphatic rings. The van der Waals surface area contributed by atoms with Gasteiger partial charge in [-0.2, -0.15) is 0 Å². The molecule has 7 rings (SSSR count). The topological polar surface area (TPSA) is 51.6 Å². The summed E-state index contributed by atoms with van der Waals surface area (Å²) in [5, 5.41) is 2.06. The lowest BCUT2D eigenvalue weighted by molar-refractivity contribution is 1.22. The number of hydrogen-bond acceptors (Lipinski definition) is 4. The average Bonchev–Trinajstić information content (AvgIpc) is 3.01. The summed E-state index contributed by atoms with van der Waals surface area (Å²) in [6, 6.07) is 45.0. The van der Waals surface area contributed by atoms with Gasteiger partial charge in [0, 0.05) is 33.0 Å². The molecule has 0 aliphatic carbocycles. The van der Waals surface area contributed by atoms with Gasteiger partial charge in [0.1, 0.15) is 0 Å². The van der Waals surface area contributed by atoms with E-state index in [1.807, 2.05) is 84.9 Å². The normalized spacial score (nSPS) is 11.2. The van der Waals surface area contributed by atoms with Crippen LogP contribution in [-0.2, 0) is 0 Å². The van der Waals surface area contributed by atoms with Gasteiger partial charge < -0.3 is 0 Å². The predicted molar refractivity (Wildman–Crippen MR) is 154 cm³/mol. The van der Waals surface area contributed by atoms with Gasteiger partial charge >= 0.3 is 0 Å². The molecule has 38 heavy (non-hydrogen) atoms. The van der Waals surface area contributed by atoms with Crippen molar-refractivity contribution in [2.75, 3.05) is 0 Å². The first-order valence-corrected chi connectivity index (χ1v) is 12.6. The van der Waals surface area contributed by atoms with Crippen LogP contribution in [0.4, 0.5) is 0 Å². The third-order valence-corrected chi connectivity index (χ3v) is 6.70. The van der Waals surface area contributed by atoms with Crippen molar-refractivity contribution in [1.82, 2.24) is 19.9 Å². The lowest BCUT2D eigenvalue weighted by Gasteiger charge is -2.11. The van der Waals surface area contributed by atoms with Crippen LogP contribution in [0.2, 0.25) is 0 Å². The molecule has 0 unspecified atom stereocenters. The van der Waals surface area contributed by atoms with Gasteiger partial charge in [-0.15, -0.1) is 0 Å². The monoisotopic (exact) mass is 486 g/mol. The van der Waals surface area contributed by atoms with Crippen LogP contribution in [0.15, 0.2) is 133 Å². The van der Waals surface area contributed by atoms with Crippen molar-refractivity contribution in [2.45, 2.75) is 0 Å². The molecule has 0 amide bonds. The Morgan fingerprint density at radius 2 is 0.658 bits per heavy atom. The van der Waals surface area contributed by atoms with Crippen molar-refractivity contribution < 1.29 is 0 Å². The Balaban J connectivity index is 1.35. The largest absolute Gasteiger partial charge is 0.228 e. The zero-order chi connectivity index (χ0) is 25.3. The van der Waals surface area contributed by atoms with Crippen LogP contribution < -0.4 is 0 Å². The fraction of sp³-hybridized carbons (Fsp3) is 0. The smallest absolute Gasteiger partial charge is 0.160 e. The number of benzene rings is 5. The molecule has 178 valence electrons. The zero-order valence-corrected chi connectivity index (χ0v) is 20.5. The van der Waals surface area contributed by atoms with Gasteiger partial charge in [-0.1, -0.05) is 121 Å². The van der Waals surface area contributed by atoms with Crippen molar-refractivity contribution in [3.05, 3.63) is 133 Å². The van der Waals surface area contributed by atoms with Gasteiger partial charge in [-0.3, -0.25) is 0 Å². The van der Waals surface area contributed by atoms with Gasteiger partial charge in [0.2, 0.25) is 0 Å². The van der Waals surface area contributed by atoms with E-state index in [1.165, 1.54) is 0 Å². The molecular formula is C34H22N4. The maximum atomic E-state index is 5.01. The number of hydrogen-bond donors (Lipinski definition) is 0. The summed E-state index contributed by atoms with van der Waals surface area (Å²) in [7, 11) is 0. The molecule has 2 aromatic heterocycles. The molecule has 0 atom stereocenters. The third-order valence-electron chi connectivity index (χ3n) is 6.70. The molecule has 2 heterocycles. The van der Waals surface area contributed by atoms with E-state index in [4.69, 9.17) is 19.9 Å². The summed E-state index contributed by atoms with van der Waals surface area (Å²) >= 11 is 0. The van der Waals surface area contributed by atoms with Crippen molar-refractivity contribution >= 4 is 21.8 Å². The van der Waals surface area contributed by atoms with Crippen molar-refractivity contribution in [1.29, 1.82) is 0 Å². The Kier molecular flexibility index (Phi) is 5.41. The van der Waals surface area contributed by atoms with Crippen LogP contribution in [0.25, 0.3) is 67.1 Å². The van der Waals surface area contributed by atoms with Crippen LogP contribution in [0, 0.1) is 0 Å². The van der Waals surface area contributed by atoms with Crippen LogP contribution in [-0.4, -0.2) is 19.9 Å². The molecule has 0 bridgehead atoms. The molecule has 7 aromatic rings. The van der Waals surface area contributed by atoms with E-state index >= 15 is 0 Å². The molecular weight excluding hydrogens is 464 g/mol. The molecule has 0 spiro atoms. The standard InChI is InChI=1S/C34H22N4/c1-3-11-23(12-4-1)31-27-15-7-9-17-29(27)36-34(37-31)26-21-19-24(20-22-26)32-28-16-8-10-18-30(28)35-33(38-32)25-13-5-2-6-14-25/h1-22H. The van der Waals surface area contributed by atoms with E-state index in [0.717, 1.165) is 55.4 Å². The second-order valence-corrected chi connectivity index (χ2v) is 9.14. The first kappa shape index (κ1) is 22.0. The molecule has 0 radical (unpaired) electrons. The van der Waals surface area contributed by atoms with Crippen molar-refractivity contribution in [2.24, 2.45) is 0 Å². The number of fused-ring (bicyclic) bond motifs is 2. The summed E-state index contributed by atoms with van der Waals surface area (Å²) in [5.41, 5.74) is 7.74. The first-order chi connectivity index (χ1) is 18.8. The zero-order valence-electron chi connectivity index (χ0n) is 20.5. The Morgan fingerprint density at radius 3 is 1.18 bits per heavy atom. The highest BCUT2D eigenvalue weighted by Crippen LogP contribution is 2.32. The van der Waals surface area contributed by atoms with Crippen LogP contribution in [0.3, 0.4) is 0 Å². The number of rotatable bonds is 4. The van der Waals surface area contributed by atoms with Gasteiger partial charge in [-0.25, -0.2) is 19.9 Å². The molecule has 0 aliphatic heterocycles. The Hall–Kier alpha value is -5.22. The van der Waals surface area contributed by atoms with Gasteiger partial charge in [0.05, 0.1) is 22.4 Å². The van der Waals surface area contributed by atoms with E-state index in [0.29, 0.717) is 11.6 Å². The molecule has 0 saturated heterocycles. The summed E-state index contributed by atoms with van der Waals surface area (Å²) in [4.78, 5) is 19.7. The molecule has 0 N–H and O–H groups in total. The summed E-state index contributed by atoms with van der Waals surface area (Å²) in [5.74, 6) is 1.42. The fourth-order valence-corrected chi connectivity index (χ4v) is 4.81. The SMILES string of the molecule is c1ccc(-c2nc(-c3ccc(-c4nc(-c5ccccc5)c5ccccc5n4)cc3)c3ccccc3n2)cc1. The second-order valence-electron chi connectivity index (χ2n) is 9.14. The molecule has 0 fully saturated rings. The van der Waals surface area contributed by atoms with E-state index in [9.17, 15) is 0 Å². The Bertz CT molecular complexity index is 1900. The Labute approximate surface area is 220 Å². The maximum Gasteiger partial charge on any atom is 0.160 e. The lowest BCUT2D eigenvalue weighted by Crippen LogP contribution is -1.96. The maximum absolute atomic E-state index is 5.01. The molecule has 0 saturated carbocycles. The number of para-hydroxylation sites is 2. The highest BCUT2D eigenvalue weighted by Gasteiger charge is 2.14.